The Hall–Kier alpha value is -0.610. The number of aliphatic hydroxyl groups excluding tert-OH is 1. The molecular weight excluding hydrogens is 224 g/mol. The van der Waals surface area contributed by atoms with Crippen LogP contribution in [0.25, 0.3) is 0 Å². The van der Waals surface area contributed by atoms with Crippen LogP contribution < -0.4 is 5.32 Å². The van der Waals surface area contributed by atoms with Crippen LogP contribution in [0.15, 0.2) is 24.3 Å². The number of likely N-dealkylation sites (N-methyl/N-ethyl adjacent to an activating group) is 1. The molecule has 1 rings (SSSR count). The number of hydrogen-bond donors (Lipinski definition) is 2. The van der Waals surface area contributed by atoms with Crippen molar-refractivity contribution in [3.8, 4) is 0 Å². The lowest BCUT2D eigenvalue weighted by molar-refractivity contribution is 0.173. The van der Waals surface area contributed by atoms with Gasteiger partial charge in [0.1, 0.15) is 0 Å². The van der Waals surface area contributed by atoms with Crippen LogP contribution in [0.3, 0.4) is 0 Å². The number of nitrogens with zero attached hydrogens (tertiary/aromatic N) is 1. The molecule has 0 radical (unpaired) electrons. The van der Waals surface area contributed by atoms with E-state index in [2.05, 4.69) is 10.2 Å². The van der Waals surface area contributed by atoms with Gasteiger partial charge in [-0.2, -0.15) is 0 Å². The molecule has 0 aliphatic heterocycles. The fourth-order valence-electron chi connectivity index (χ4n) is 1.37. The van der Waals surface area contributed by atoms with Gasteiger partial charge in [-0.1, -0.05) is 23.7 Å². The summed E-state index contributed by atoms with van der Waals surface area (Å²) in [6.45, 7) is 2.38. The monoisotopic (exact) mass is 242 g/mol. The number of hydrogen-bond acceptors (Lipinski definition) is 3. The molecule has 90 valence electrons. The van der Waals surface area contributed by atoms with Gasteiger partial charge in [0.15, 0.2) is 0 Å². The summed E-state index contributed by atoms with van der Waals surface area (Å²) in [6.07, 6.45) is -0.499. The minimum absolute atomic E-state index is 0.499. The Labute approximate surface area is 102 Å². The number of rotatable bonds is 6. The number of benzene rings is 1. The molecule has 0 fully saturated rings. The molecule has 1 aromatic rings. The number of nitrogens with one attached hydrogen (secondary N) is 1. The van der Waals surface area contributed by atoms with Gasteiger partial charge in [0, 0.05) is 24.7 Å². The van der Waals surface area contributed by atoms with Crippen molar-refractivity contribution in [2.45, 2.75) is 6.10 Å². The Kier molecular flexibility index (Phi) is 5.77. The van der Waals surface area contributed by atoms with E-state index in [0.717, 1.165) is 18.7 Å². The molecule has 0 saturated carbocycles. The lowest BCUT2D eigenvalue weighted by Gasteiger charge is -2.14. The van der Waals surface area contributed by atoms with Crippen molar-refractivity contribution < 1.29 is 5.11 Å². The van der Waals surface area contributed by atoms with Crippen LogP contribution in [-0.4, -0.2) is 43.7 Å². The second-order valence-electron chi connectivity index (χ2n) is 4.08. The van der Waals surface area contributed by atoms with Crippen LogP contribution in [0.1, 0.15) is 11.7 Å². The molecule has 0 heterocycles. The predicted molar refractivity (Wildman–Crippen MR) is 67.8 cm³/mol. The molecule has 0 aliphatic carbocycles. The summed E-state index contributed by atoms with van der Waals surface area (Å²) in [4.78, 5) is 2.10. The average molecular weight is 243 g/mol. The Morgan fingerprint density at radius 3 is 2.81 bits per heavy atom. The molecule has 2 N–H and O–H groups in total. The van der Waals surface area contributed by atoms with Crippen LogP contribution in [0, 0.1) is 0 Å². The highest BCUT2D eigenvalue weighted by molar-refractivity contribution is 6.30. The predicted octanol–water partition coefficient (Wildman–Crippen LogP) is 1.52. The molecule has 1 atom stereocenters. The highest BCUT2D eigenvalue weighted by atomic mass is 35.5. The lowest BCUT2D eigenvalue weighted by Crippen LogP contribution is -2.29. The molecule has 16 heavy (non-hydrogen) atoms. The van der Waals surface area contributed by atoms with Crippen molar-refractivity contribution >= 4 is 11.6 Å². The van der Waals surface area contributed by atoms with Gasteiger partial charge in [0.2, 0.25) is 0 Å². The maximum atomic E-state index is 9.88. The standard InChI is InChI=1S/C12H19ClN2O/c1-15(2)7-6-14-9-12(16)10-4-3-5-11(13)8-10/h3-5,8,12,14,16H,6-7,9H2,1-2H3. The summed E-state index contributed by atoms with van der Waals surface area (Å²) in [6, 6.07) is 7.32. The smallest absolute Gasteiger partial charge is 0.0914 e. The summed E-state index contributed by atoms with van der Waals surface area (Å²) in [5, 5.41) is 13.7. The van der Waals surface area contributed by atoms with Crippen LogP contribution in [0.5, 0.6) is 0 Å². The third kappa shape index (κ3) is 4.94. The van der Waals surface area contributed by atoms with Crippen LogP contribution >= 0.6 is 11.6 Å². The van der Waals surface area contributed by atoms with Gasteiger partial charge in [-0.15, -0.1) is 0 Å². The summed E-state index contributed by atoms with van der Waals surface area (Å²) in [7, 11) is 4.05. The SMILES string of the molecule is CN(C)CCNCC(O)c1cccc(Cl)c1. The zero-order valence-corrected chi connectivity index (χ0v) is 10.5. The Bertz CT molecular complexity index is 318. The van der Waals surface area contributed by atoms with Gasteiger partial charge in [-0.25, -0.2) is 0 Å². The van der Waals surface area contributed by atoms with E-state index in [4.69, 9.17) is 11.6 Å². The van der Waals surface area contributed by atoms with Crippen molar-refractivity contribution in [1.82, 2.24) is 10.2 Å². The third-order valence-corrected chi connectivity index (χ3v) is 2.54. The molecule has 4 heteroatoms. The fourth-order valence-corrected chi connectivity index (χ4v) is 1.57. The van der Waals surface area contributed by atoms with E-state index >= 15 is 0 Å². The van der Waals surface area contributed by atoms with E-state index in [1.807, 2.05) is 26.2 Å². The molecule has 0 spiro atoms. The molecule has 1 aromatic carbocycles. The second kappa shape index (κ2) is 6.86. The van der Waals surface area contributed by atoms with Crippen molar-refractivity contribution in [3.05, 3.63) is 34.9 Å². The quantitative estimate of drug-likeness (QED) is 0.743. The maximum absolute atomic E-state index is 9.88. The lowest BCUT2D eigenvalue weighted by atomic mass is 10.1. The number of aliphatic hydroxyl groups is 1. The minimum atomic E-state index is -0.499. The van der Waals surface area contributed by atoms with Crippen LogP contribution in [0.4, 0.5) is 0 Å². The molecule has 0 bridgehead atoms. The van der Waals surface area contributed by atoms with E-state index in [0.29, 0.717) is 11.6 Å². The first-order valence-electron chi connectivity index (χ1n) is 5.38. The maximum Gasteiger partial charge on any atom is 0.0914 e. The van der Waals surface area contributed by atoms with E-state index in [1.165, 1.54) is 0 Å². The van der Waals surface area contributed by atoms with Gasteiger partial charge in [0.05, 0.1) is 6.10 Å². The van der Waals surface area contributed by atoms with E-state index < -0.39 is 6.10 Å². The van der Waals surface area contributed by atoms with Crippen molar-refractivity contribution in [3.63, 3.8) is 0 Å². The summed E-state index contributed by atoms with van der Waals surface area (Å²) >= 11 is 5.85. The zero-order valence-electron chi connectivity index (χ0n) is 9.78. The topological polar surface area (TPSA) is 35.5 Å². The van der Waals surface area contributed by atoms with Crippen molar-refractivity contribution in [2.75, 3.05) is 33.7 Å². The highest BCUT2D eigenvalue weighted by Crippen LogP contribution is 2.16. The zero-order chi connectivity index (χ0) is 12.0. The van der Waals surface area contributed by atoms with Gasteiger partial charge < -0.3 is 15.3 Å². The van der Waals surface area contributed by atoms with E-state index in [9.17, 15) is 5.11 Å². The Morgan fingerprint density at radius 1 is 1.44 bits per heavy atom. The molecule has 0 amide bonds. The van der Waals surface area contributed by atoms with Gasteiger partial charge in [-0.3, -0.25) is 0 Å². The molecule has 0 saturated heterocycles. The molecule has 3 nitrogen and oxygen atoms in total. The number of halogens is 1. The van der Waals surface area contributed by atoms with E-state index in [1.54, 1.807) is 12.1 Å². The van der Waals surface area contributed by atoms with Gasteiger partial charge in [-0.05, 0) is 31.8 Å². The average Bonchev–Trinajstić information content (AvgIpc) is 2.24. The minimum Gasteiger partial charge on any atom is -0.387 e. The van der Waals surface area contributed by atoms with Gasteiger partial charge in [0.25, 0.3) is 0 Å². The van der Waals surface area contributed by atoms with Crippen molar-refractivity contribution in [2.24, 2.45) is 0 Å². The van der Waals surface area contributed by atoms with Crippen molar-refractivity contribution in [1.29, 1.82) is 0 Å². The molecule has 0 aromatic heterocycles. The second-order valence-corrected chi connectivity index (χ2v) is 4.51. The normalized spacial score (nSPS) is 13.1. The van der Waals surface area contributed by atoms with Gasteiger partial charge >= 0.3 is 0 Å². The van der Waals surface area contributed by atoms with E-state index in [-0.39, 0.29) is 0 Å². The molecular formula is C12H19ClN2O. The molecule has 1 unspecified atom stereocenters. The molecule has 0 aliphatic rings. The summed E-state index contributed by atoms with van der Waals surface area (Å²) < 4.78 is 0. The van der Waals surface area contributed by atoms with Crippen LogP contribution in [-0.2, 0) is 0 Å². The largest absolute Gasteiger partial charge is 0.387 e. The van der Waals surface area contributed by atoms with Crippen LogP contribution in [0.2, 0.25) is 5.02 Å². The Balaban J connectivity index is 2.32. The summed E-state index contributed by atoms with van der Waals surface area (Å²) in [5.74, 6) is 0. The summed E-state index contributed by atoms with van der Waals surface area (Å²) in [5.41, 5.74) is 0.852. The first-order valence-corrected chi connectivity index (χ1v) is 5.76. The fraction of sp³-hybridized carbons (Fsp3) is 0.500. The first-order chi connectivity index (χ1) is 7.59. The Morgan fingerprint density at radius 2 is 2.19 bits per heavy atom. The third-order valence-electron chi connectivity index (χ3n) is 2.31. The highest BCUT2D eigenvalue weighted by Gasteiger charge is 2.06. The first kappa shape index (κ1) is 13.5.